The SMILES string of the molecule is Cc1cc(OCc2ccc(C(=O)N/N=C3\CCCC[C@H]3C3CCCCC3)cc2)ccc1Cl. The molecule has 170 valence electrons. The third-order valence-corrected chi connectivity index (χ3v) is 7.32. The molecular weight excluding hydrogens is 420 g/mol. The number of hydrogen-bond donors (Lipinski definition) is 1. The molecular formula is C27H33ClN2O2. The van der Waals surface area contributed by atoms with Crippen LogP contribution in [0.2, 0.25) is 5.02 Å². The lowest BCUT2D eigenvalue weighted by molar-refractivity contribution is 0.0954. The highest BCUT2D eigenvalue weighted by Gasteiger charge is 2.29. The molecule has 0 heterocycles. The molecule has 2 aliphatic carbocycles. The van der Waals surface area contributed by atoms with Gasteiger partial charge < -0.3 is 4.74 Å². The fourth-order valence-corrected chi connectivity index (χ4v) is 5.14. The largest absolute Gasteiger partial charge is 0.489 e. The van der Waals surface area contributed by atoms with Gasteiger partial charge in [-0.05, 0) is 86.4 Å². The Morgan fingerprint density at radius 2 is 1.78 bits per heavy atom. The number of carbonyl (C=O) groups excluding carboxylic acids is 1. The van der Waals surface area contributed by atoms with Gasteiger partial charge in [0.1, 0.15) is 12.4 Å². The fourth-order valence-electron chi connectivity index (χ4n) is 5.02. The Labute approximate surface area is 196 Å². The summed E-state index contributed by atoms with van der Waals surface area (Å²) in [5, 5.41) is 5.34. The van der Waals surface area contributed by atoms with E-state index in [4.69, 9.17) is 16.3 Å². The van der Waals surface area contributed by atoms with Gasteiger partial charge in [-0.2, -0.15) is 5.10 Å². The lowest BCUT2D eigenvalue weighted by Gasteiger charge is -2.33. The number of benzene rings is 2. The molecule has 1 atom stereocenters. The molecule has 2 saturated carbocycles. The molecule has 0 saturated heterocycles. The molecule has 0 radical (unpaired) electrons. The summed E-state index contributed by atoms with van der Waals surface area (Å²) in [4.78, 5) is 12.7. The van der Waals surface area contributed by atoms with Crippen LogP contribution in [0.5, 0.6) is 5.75 Å². The van der Waals surface area contributed by atoms with Gasteiger partial charge in [0.05, 0.1) is 0 Å². The topological polar surface area (TPSA) is 50.7 Å². The van der Waals surface area contributed by atoms with Crippen molar-refractivity contribution in [1.29, 1.82) is 0 Å². The van der Waals surface area contributed by atoms with Gasteiger partial charge >= 0.3 is 0 Å². The van der Waals surface area contributed by atoms with Crippen LogP contribution in [0.25, 0.3) is 0 Å². The maximum Gasteiger partial charge on any atom is 0.271 e. The van der Waals surface area contributed by atoms with Gasteiger partial charge in [-0.1, -0.05) is 49.4 Å². The third kappa shape index (κ3) is 5.92. The van der Waals surface area contributed by atoms with Crippen molar-refractivity contribution in [2.75, 3.05) is 0 Å². The van der Waals surface area contributed by atoms with Gasteiger partial charge in [0.2, 0.25) is 0 Å². The van der Waals surface area contributed by atoms with Crippen molar-refractivity contribution in [1.82, 2.24) is 5.43 Å². The monoisotopic (exact) mass is 452 g/mol. The predicted octanol–water partition coefficient (Wildman–Crippen LogP) is 7.08. The summed E-state index contributed by atoms with van der Waals surface area (Å²) in [6.45, 7) is 2.39. The van der Waals surface area contributed by atoms with Crippen molar-refractivity contribution in [3.63, 3.8) is 0 Å². The van der Waals surface area contributed by atoms with Crippen LogP contribution in [0, 0.1) is 18.8 Å². The third-order valence-electron chi connectivity index (χ3n) is 6.90. The van der Waals surface area contributed by atoms with Crippen molar-refractivity contribution in [2.45, 2.75) is 71.3 Å². The summed E-state index contributed by atoms with van der Waals surface area (Å²) in [5.74, 6) is 1.94. The smallest absolute Gasteiger partial charge is 0.271 e. The average Bonchev–Trinajstić information content (AvgIpc) is 2.84. The minimum atomic E-state index is -0.147. The maximum absolute atomic E-state index is 12.7. The van der Waals surface area contributed by atoms with Crippen LogP contribution in [-0.4, -0.2) is 11.6 Å². The van der Waals surface area contributed by atoms with E-state index in [2.05, 4.69) is 10.5 Å². The van der Waals surface area contributed by atoms with E-state index in [9.17, 15) is 4.79 Å². The number of ether oxygens (including phenoxy) is 1. The second kappa shape index (κ2) is 11.0. The first kappa shape index (κ1) is 22.8. The number of hydrogen-bond acceptors (Lipinski definition) is 3. The zero-order chi connectivity index (χ0) is 22.3. The Balaban J connectivity index is 1.33. The number of hydrazone groups is 1. The van der Waals surface area contributed by atoms with Gasteiger partial charge in [-0.25, -0.2) is 5.43 Å². The quantitative estimate of drug-likeness (QED) is 0.476. The maximum atomic E-state index is 12.7. The number of carbonyl (C=O) groups is 1. The molecule has 1 amide bonds. The molecule has 4 rings (SSSR count). The van der Waals surface area contributed by atoms with E-state index < -0.39 is 0 Å². The molecule has 2 aromatic rings. The van der Waals surface area contributed by atoms with Crippen molar-refractivity contribution >= 4 is 23.2 Å². The van der Waals surface area contributed by atoms with Crippen molar-refractivity contribution in [3.8, 4) is 5.75 Å². The molecule has 2 aliphatic rings. The first-order valence-corrected chi connectivity index (χ1v) is 12.3. The molecule has 32 heavy (non-hydrogen) atoms. The molecule has 2 fully saturated rings. The Morgan fingerprint density at radius 3 is 2.53 bits per heavy atom. The Morgan fingerprint density at radius 1 is 1.03 bits per heavy atom. The van der Waals surface area contributed by atoms with Crippen LogP contribution in [0.3, 0.4) is 0 Å². The van der Waals surface area contributed by atoms with E-state index in [-0.39, 0.29) is 5.91 Å². The molecule has 0 spiro atoms. The number of aryl methyl sites for hydroxylation is 1. The van der Waals surface area contributed by atoms with Crippen LogP contribution in [0.15, 0.2) is 47.6 Å². The Bertz CT molecular complexity index is 949. The molecule has 0 aliphatic heterocycles. The number of nitrogens with zero attached hydrogens (tertiary/aromatic N) is 1. The molecule has 0 unspecified atom stereocenters. The normalized spacial score (nSPS) is 20.8. The highest BCUT2D eigenvalue weighted by atomic mass is 35.5. The van der Waals surface area contributed by atoms with E-state index in [0.29, 0.717) is 18.1 Å². The molecule has 4 nitrogen and oxygen atoms in total. The van der Waals surface area contributed by atoms with Crippen molar-refractivity contribution in [3.05, 3.63) is 64.2 Å². The summed E-state index contributed by atoms with van der Waals surface area (Å²) in [5.41, 5.74) is 6.65. The van der Waals surface area contributed by atoms with Crippen LogP contribution in [0.4, 0.5) is 0 Å². The van der Waals surface area contributed by atoms with E-state index in [1.807, 2.05) is 49.4 Å². The van der Waals surface area contributed by atoms with Crippen LogP contribution in [-0.2, 0) is 6.61 Å². The van der Waals surface area contributed by atoms with Crippen molar-refractivity contribution in [2.24, 2.45) is 16.9 Å². The van der Waals surface area contributed by atoms with Gasteiger partial charge in [-0.15, -0.1) is 0 Å². The minimum Gasteiger partial charge on any atom is -0.489 e. The highest BCUT2D eigenvalue weighted by molar-refractivity contribution is 6.31. The van der Waals surface area contributed by atoms with Crippen molar-refractivity contribution < 1.29 is 9.53 Å². The zero-order valence-electron chi connectivity index (χ0n) is 18.9. The minimum absolute atomic E-state index is 0.147. The summed E-state index contributed by atoms with van der Waals surface area (Å²) in [6, 6.07) is 13.2. The first-order valence-electron chi connectivity index (χ1n) is 11.9. The molecule has 0 bridgehead atoms. The number of nitrogens with one attached hydrogen (secondary N) is 1. The first-order chi connectivity index (χ1) is 15.6. The van der Waals surface area contributed by atoms with E-state index in [0.717, 1.165) is 34.2 Å². The fraction of sp³-hybridized carbons (Fsp3) is 0.481. The number of amides is 1. The Hall–Kier alpha value is -2.33. The standard InChI is InChI=1S/C27H33ClN2O2/c1-19-17-23(15-16-25(19)28)32-18-20-11-13-22(14-12-20)27(31)30-29-26-10-6-5-9-24(26)21-7-3-2-4-8-21/h11-17,21,24H,2-10,18H2,1H3,(H,30,31)/b29-26+/t24-/m0/s1. The van der Waals surface area contributed by atoms with Gasteiger partial charge in [0.25, 0.3) is 5.91 Å². The summed E-state index contributed by atoms with van der Waals surface area (Å²) < 4.78 is 5.84. The van der Waals surface area contributed by atoms with Gasteiger partial charge in [-0.3, -0.25) is 4.79 Å². The van der Waals surface area contributed by atoms with Crippen LogP contribution < -0.4 is 10.2 Å². The lowest BCUT2D eigenvalue weighted by Crippen LogP contribution is -2.31. The Kier molecular flexibility index (Phi) is 7.85. The highest BCUT2D eigenvalue weighted by Crippen LogP contribution is 2.36. The second-order valence-corrected chi connectivity index (χ2v) is 9.60. The lowest BCUT2D eigenvalue weighted by atomic mass is 9.72. The number of rotatable bonds is 6. The molecule has 1 N–H and O–H groups in total. The summed E-state index contributed by atoms with van der Waals surface area (Å²) in [6.07, 6.45) is 11.4. The van der Waals surface area contributed by atoms with Crippen LogP contribution >= 0.6 is 11.6 Å². The zero-order valence-corrected chi connectivity index (χ0v) is 19.7. The van der Waals surface area contributed by atoms with Crippen LogP contribution in [0.1, 0.15) is 79.3 Å². The van der Waals surface area contributed by atoms with Gasteiger partial charge in [0.15, 0.2) is 0 Å². The number of halogens is 1. The molecule has 5 heteroatoms. The predicted molar refractivity (Wildman–Crippen MR) is 130 cm³/mol. The summed E-state index contributed by atoms with van der Waals surface area (Å²) in [7, 11) is 0. The second-order valence-electron chi connectivity index (χ2n) is 9.19. The molecule has 0 aromatic heterocycles. The van der Waals surface area contributed by atoms with E-state index in [1.54, 1.807) is 0 Å². The summed E-state index contributed by atoms with van der Waals surface area (Å²) >= 11 is 6.06. The molecule has 2 aromatic carbocycles. The average molecular weight is 453 g/mol. The van der Waals surface area contributed by atoms with E-state index >= 15 is 0 Å². The van der Waals surface area contributed by atoms with Gasteiger partial charge in [0, 0.05) is 22.2 Å². The van der Waals surface area contributed by atoms with E-state index in [1.165, 1.54) is 57.1 Å².